The van der Waals surface area contributed by atoms with E-state index in [-0.39, 0.29) is 11.1 Å². The molecule has 2 N–H and O–H groups in total. The first-order valence-electron chi connectivity index (χ1n) is 4.17. The Morgan fingerprint density at radius 1 is 1.57 bits per heavy atom. The predicted octanol–water partition coefficient (Wildman–Crippen LogP) is 1.52. The van der Waals surface area contributed by atoms with E-state index in [9.17, 15) is 4.79 Å². The van der Waals surface area contributed by atoms with Gasteiger partial charge in [0.25, 0.3) is 0 Å². The molecule has 5 nitrogen and oxygen atoms in total. The highest BCUT2D eigenvalue weighted by Gasteiger charge is 2.09. The molecule has 0 radical (unpaired) electrons. The van der Waals surface area contributed by atoms with E-state index in [0.717, 1.165) is 0 Å². The van der Waals surface area contributed by atoms with Crippen LogP contribution in [0.2, 0.25) is 5.15 Å². The van der Waals surface area contributed by atoms with E-state index in [1.165, 1.54) is 13.3 Å². The number of aromatic nitrogens is 2. The van der Waals surface area contributed by atoms with Crippen molar-refractivity contribution in [3.63, 3.8) is 0 Å². The van der Waals surface area contributed by atoms with Crippen molar-refractivity contribution in [2.75, 3.05) is 17.2 Å². The third-order valence-electron chi connectivity index (χ3n) is 1.45. The van der Waals surface area contributed by atoms with Gasteiger partial charge in [0.2, 0.25) is 5.91 Å². The SMILES string of the molecule is CCNc1ncnc(Cl)c1NC(C)=O. The van der Waals surface area contributed by atoms with Gasteiger partial charge in [0.05, 0.1) is 0 Å². The van der Waals surface area contributed by atoms with Crippen molar-refractivity contribution in [2.24, 2.45) is 0 Å². The molecule has 1 amide bonds. The molecule has 0 saturated carbocycles. The molecule has 0 aromatic carbocycles. The molecule has 0 aliphatic carbocycles. The minimum absolute atomic E-state index is 0.208. The molecule has 1 aromatic heterocycles. The van der Waals surface area contributed by atoms with Crippen LogP contribution < -0.4 is 10.6 Å². The number of nitrogens with zero attached hydrogens (tertiary/aromatic N) is 2. The molecule has 14 heavy (non-hydrogen) atoms. The van der Waals surface area contributed by atoms with E-state index >= 15 is 0 Å². The summed E-state index contributed by atoms with van der Waals surface area (Å²) in [5.74, 6) is 0.323. The van der Waals surface area contributed by atoms with Crippen LogP contribution in [-0.2, 0) is 4.79 Å². The number of carbonyl (C=O) groups excluding carboxylic acids is 1. The van der Waals surface area contributed by atoms with Gasteiger partial charge >= 0.3 is 0 Å². The average Bonchev–Trinajstić information content (AvgIpc) is 2.11. The van der Waals surface area contributed by atoms with Gasteiger partial charge in [-0.2, -0.15) is 0 Å². The number of anilines is 2. The summed E-state index contributed by atoms with van der Waals surface area (Å²) >= 11 is 5.80. The zero-order valence-corrected chi connectivity index (χ0v) is 8.72. The predicted molar refractivity (Wildman–Crippen MR) is 55.5 cm³/mol. The summed E-state index contributed by atoms with van der Waals surface area (Å²) < 4.78 is 0. The summed E-state index contributed by atoms with van der Waals surface area (Å²) in [5, 5.41) is 5.77. The van der Waals surface area contributed by atoms with Gasteiger partial charge in [-0.05, 0) is 6.92 Å². The Hall–Kier alpha value is -1.36. The van der Waals surface area contributed by atoms with Crippen molar-refractivity contribution in [1.29, 1.82) is 0 Å². The molecule has 0 aliphatic rings. The maximum atomic E-state index is 10.9. The number of hydrogen-bond donors (Lipinski definition) is 2. The third kappa shape index (κ3) is 2.56. The van der Waals surface area contributed by atoms with E-state index in [2.05, 4.69) is 20.6 Å². The molecule has 0 saturated heterocycles. The molecule has 0 aliphatic heterocycles. The number of carbonyl (C=O) groups is 1. The Kier molecular flexibility index (Phi) is 3.64. The fourth-order valence-corrected chi connectivity index (χ4v) is 1.13. The minimum Gasteiger partial charge on any atom is -0.368 e. The highest BCUT2D eigenvalue weighted by molar-refractivity contribution is 6.33. The maximum absolute atomic E-state index is 10.9. The smallest absolute Gasteiger partial charge is 0.221 e. The Bertz CT molecular complexity index is 342. The second kappa shape index (κ2) is 4.76. The molecule has 76 valence electrons. The van der Waals surface area contributed by atoms with Crippen molar-refractivity contribution in [1.82, 2.24) is 9.97 Å². The maximum Gasteiger partial charge on any atom is 0.221 e. The lowest BCUT2D eigenvalue weighted by Crippen LogP contribution is -2.11. The van der Waals surface area contributed by atoms with E-state index in [4.69, 9.17) is 11.6 Å². The van der Waals surface area contributed by atoms with Crippen molar-refractivity contribution in [2.45, 2.75) is 13.8 Å². The molecule has 1 rings (SSSR count). The number of rotatable bonds is 3. The standard InChI is InChI=1S/C8H11ClN4O/c1-3-10-8-6(13-5(2)14)7(9)11-4-12-8/h4H,3H2,1-2H3,(H,13,14)(H,10,11,12). The number of nitrogens with one attached hydrogen (secondary N) is 2. The zero-order valence-electron chi connectivity index (χ0n) is 7.97. The number of hydrogen-bond acceptors (Lipinski definition) is 4. The van der Waals surface area contributed by atoms with Gasteiger partial charge < -0.3 is 10.6 Å². The Morgan fingerprint density at radius 2 is 2.29 bits per heavy atom. The van der Waals surface area contributed by atoms with Gasteiger partial charge in [0, 0.05) is 13.5 Å². The van der Waals surface area contributed by atoms with Crippen molar-refractivity contribution in [3.8, 4) is 0 Å². The van der Waals surface area contributed by atoms with Crippen LogP contribution in [0.1, 0.15) is 13.8 Å². The summed E-state index contributed by atoms with van der Waals surface area (Å²) in [6, 6.07) is 0. The van der Waals surface area contributed by atoms with Crippen molar-refractivity contribution < 1.29 is 4.79 Å². The van der Waals surface area contributed by atoms with E-state index < -0.39 is 0 Å². The molecule has 1 aromatic rings. The van der Waals surface area contributed by atoms with Crippen LogP contribution >= 0.6 is 11.6 Å². The molecule has 1 heterocycles. The number of halogens is 1. The normalized spacial score (nSPS) is 9.64. The molecule has 0 bridgehead atoms. The lowest BCUT2D eigenvalue weighted by Gasteiger charge is -2.09. The van der Waals surface area contributed by atoms with Crippen molar-refractivity contribution in [3.05, 3.63) is 11.5 Å². The first-order chi connectivity index (χ1) is 6.65. The Morgan fingerprint density at radius 3 is 2.86 bits per heavy atom. The molecule has 6 heteroatoms. The molecule has 0 spiro atoms. The van der Waals surface area contributed by atoms with Crippen LogP contribution in [0.5, 0.6) is 0 Å². The Labute approximate surface area is 86.9 Å². The number of amides is 1. The summed E-state index contributed by atoms with van der Waals surface area (Å²) in [6.07, 6.45) is 1.34. The van der Waals surface area contributed by atoms with Crippen LogP contribution in [0.15, 0.2) is 6.33 Å². The summed E-state index contributed by atoms with van der Waals surface area (Å²) in [4.78, 5) is 18.6. The lowest BCUT2D eigenvalue weighted by atomic mass is 10.4. The van der Waals surface area contributed by atoms with Gasteiger partial charge in [-0.1, -0.05) is 11.6 Å². The molecule has 0 atom stereocenters. The highest BCUT2D eigenvalue weighted by atomic mass is 35.5. The molecule has 0 fully saturated rings. The Balaban J connectivity index is 3.02. The fourth-order valence-electron chi connectivity index (χ4n) is 0.952. The van der Waals surface area contributed by atoms with Crippen LogP contribution in [0.3, 0.4) is 0 Å². The van der Waals surface area contributed by atoms with Crippen LogP contribution in [0, 0.1) is 0 Å². The van der Waals surface area contributed by atoms with E-state index in [1.807, 2.05) is 6.92 Å². The quantitative estimate of drug-likeness (QED) is 0.749. The summed E-state index contributed by atoms with van der Waals surface area (Å²) in [5.41, 5.74) is 0.420. The van der Waals surface area contributed by atoms with Gasteiger partial charge in [-0.25, -0.2) is 9.97 Å². The van der Waals surface area contributed by atoms with E-state index in [1.54, 1.807) is 0 Å². The summed E-state index contributed by atoms with van der Waals surface area (Å²) in [7, 11) is 0. The van der Waals surface area contributed by atoms with Gasteiger partial charge in [0.15, 0.2) is 11.0 Å². The van der Waals surface area contributed by atoms with Gasteiger partial charge in [0.1, 0.15) is 12.0 Å². The minimum atomic E-state index is -0.208. The average molecular weight is 215 g/mol. The molecular weight excluding hydrogens is 204 g/mol. The largest absolute Gasteiger partial charge is 0.368 e. The lowest BCUT2D eigenvalue weighted by molar-refractivity contribution is -0.114. The zero-order chi connectivity index (χ0) is 10.6. The second-order valence-electron chi connectivity index (χ2n) is 2.60. The van der Waals surface area contributed by atoms with Gasteiger partial charge in [-0.3, -0.25) is 4.79 Å². The van der Waals surface area contributed by atoms with Crippen molar-refractivity contribution >= 4 is 29.0 Å². The third-order valence-corrected chi connectivity index (χ3v) is 1.73. The van der Waals surface area contributed by atoms with Gasteiger partial charge in [-0.15, -0.1) is 0 Å². The first kappa shape index (κ1) is 10.7. The monoisotopic (exact) mass is 214 g/mol. The second-order valence-corrected chi connectivity index (χ2v) is 2.96. The van der Waals surface area contributed by atoms with Crippen LogP contribution in [0.4, 0.5) is 11.5 Å². The molecule has 0 unspecified atom stereocenters. The van der Waals surface area contributed by atoms with E-state index in [0.29, 0.717) is 18.1 Å². The van der Waals surface area contributed by atoms with Crippen LogP contribution in [0.25, 0.3) is 0 Å². The highest BCUT2D eigenvalue weighted by Crippen LogP contribution is 2.25. The fraction of sp³-hybridized carbons (Fsp3) is 0.375. The topological polar surface area (TPSA) is 66.9 Å². The molecular formula is C8H11ClN4O. The van der Waals surface area contributed by atoms with Crippen LogP contribution in [-0.4, -0.2) is 22.4 Å². The first-order valence-corrected chi connectivity index (χ1v) is 4.55. The summed E-state index contributed by atoms with van der Waals surface area (Å²) in [6.45, 7) is 4.02.